The summed E-state index contributed by atoms with van der Waals surface area (Å²) in [7, 11) is 0. The number of ketones is 2. The fourth-order valence-corrected chi connectivity index (χ4v) is 2.77. The van der Waals surface area contributed by atoms with Crippen LogP contribution in [0.2, 0.25) is 0 Å². The highest BCUT2D eigenvalue weighted by atomic mass is 16.6. The molecule has 0 aromatic heterocycles. The fraction of sp³-hybridized carbons (Fsp3) is 0.826. The van der Waals surface area contributed by atoms with Gasteiger partial charge in [-0.05, 0) is 62.3 Å². The van der Waals surface area contributed by atoms with Gasteiger partial charge < -0.3 is 18.9 Å². The minimum absolute atomic E-state index is 0.157. The molecule has 0 spiro atoms. The van der Waals surface area contributed by atoms with E-state index in [0.29, 0.717) is 0 Å². The van der Waals surface area contributed by atoms with Crippen LogP contribution in [0.5, 0.6) is 0 Å². The summed E-state index contributed by atoms with van der Waals surface area (Å²) in [6.07, 6.45) is -2.86. The monoisotopic (exact) mass is 444 g/mol. The van der Waals surface area contributed by atoms with Crippen molar-refractivity contribution in [3.63, 3.8) is 0 Å². The largest absolute Gasteiger partial charge is 0.453 e. The van der Waals surface area contributed by atoms with Crippen LogP contribution in [-0.4, -0.2) is 60.1 Å². The molecular formula is C23H40O8. The second-order valence-corrected chi connectivity index (χ2v) is 9.38. The molecule has 0 amide bonds. The summed E-state index contributed by atoms with van der Waals surface area (Å²) in [5.74, 6) is -2.13. The van der Waals surface area contributed by atoms with Gasteiger partial charge >= 0.3 is 11.9 Å². The fourth-order valence-electron chi connectivity index (χ4n) is 2.77. The minimum Gasteiger partial charge on any atom is -0.453 e. The number of hydrogen-bond acceptors (Lipinski definition) is 8. The van der Waals surface area contributed by atoms with Crippen molar-refractivity contribution in [1.29, 1.82) is 0 Å². The molecule has 31 heavy (non-hydrogen) atoms. The van der Waals surface area contributed by atoms with Crippen LogP contribution in [-0.2, 0) is 38.1 Å². The molecular weight excluding hydrogens is 404 g/mol. The summed E-state index contributed by atoms with van der Waals surface area (Å²) in [6, 6.07) is 0. The highest BCUT2D eigenvalue weighted by Crippen LogP contribution is 2.36. The van der Waals surface area contributed by atoms with Crippen molar-refractivity contribution in [2.45, 2.75) is 106 Å². The number of Topliss-reactive ketones (excluding diaryl/α,β-unsaturated/α-hetero) is 2. The lowest BCUT2D eigenvalue weighted by atomic mass is 9.72. The Hall–Kier alpha value is -1.80. The van der Waals surface area contributed by atoms with Gasteiger partial charge in [-0.25, -0.2) is 9.59 Å². The number of ether oxygens (including phenoxy) is 4. The zero-order chi connectivity index (χ0) is 24.7. The van der Waals surface area contributed by atoms with Crippen molar-refractivity contribution >= 4 is 23.5 Å². The van der Waals surface area contributed by atoms with E-state index in [0.717, 1.165) is 0 Å². The predicted octanol–water partition coefficient (Wildman–Crippen LogP) is 3.28. The summed E-state index contributed by atoms with van der Waals surface area (Å²) < 4.78 is 21.5. The Morgan fingerprint density at radius 3 is 1.71 bits per heavy atom. The number of rotatable bonds is 13. The maximum Gasteiger partial charge on any atom is 0.335 e. The first kappa shape index (κ1) is 29.2. The first-order chi connectivity index (χ1) is 13.9. The van der Waals surface area contributed by atoms with Gasteiger partial charge in [0, 0.05) is 5.92 Å². The number of esters is 2. The molecule has 8 heteroatoms. The highest BCUT2D eigenvalue weighted by Gasteiger charge is 2.47. The third-order valence-corrected chi connectivity index (χ3v) is 5.42. The second kappa shape index (κ2) is 11.7. The Labute approximate surface area is 186 Å². The van der Waals surface area contributed by atoms with Gasteiger partial charge in [-0.3, -0.25) is 9.59 Å². The third kappa shape index (κ3) is 8.69. The molecule has 0 radical (unpaired) electrons. The molecule has 0 rings (SSSR count). The summed E-state index contributed by atoms with van der Waals surface area (Å²) in [4.78, 5) is 49.2. The van der Waals surface area contributed by atoms with Crippen molar-refractivity contribution in [3.05, 3.63) is 0 Å². The van der Waals surface area contributed by atoms with Gasteiger partial charge in [0.2, 0.25) is 0 Å². The molecule has 0 aliphatic rings. The van der Waals surface area contributed by atoms with Gasteiger partial charge in [-0.2, -0.15) is 0 Å². The normalized spacial score (nSPS) is 15.4. The minimum atomic E-state index is -1.10. The third-order valence-electron chi connectivity index (χ3n) is 5.42. The Morgan fingerprint density at radius 2 is 1.26 bits per heavy atom. The average molecular weight is 445 g/mol. The van der Waals surface area contributed by atoms with E-state index >= 15 is 0 Å². The molecule has 180 valence electrons. The summed E-state index contributed by atoms with van der Waals surface area (Å²) in [5.41, 5.74) is -2.19. The molecule has 3 unspecified atom stereocenters. The molecule has 0 saturated heterocycles. The smallest absolute Gasteiger partial charge is 0.335 e. The lowest BCUT2D eigenvalue weighted by Gasteiger charge is -2.41. The van der Waals surface area contributed by atoms with E-state index in [4.69, 9.17) is 18.9 Å². The second-order valence-electron chi connectivity index (χ2n) is 9.38. The average Bonchev–Trinajstić information content (AvgIpc) is 2.63. The first-order valence-electron chi connectivity index (χ1n) is 10.7. The van der Waals surface area contributed by atoms with Crippen LogP contribution in [0, 0.1) is 11.3 Å². The van der Waals surface area contributed by atoms with Crippen molar-refractivity contribution in [2.24, 2.45) is 11.3 Å². The van der Waals surface area contributed by atoms with Gasteiger partial charge in [0.25, 0.3) is 0 Å². The van der Waals surface area contributed by atoms with Crippen LogP contribution >= 0.6 is 0 Å². The maximum absolute atomic E-state index is 13.0. The van der Waals surface area contributed by atoms with Crippen LogP contribution in [0.25, 0.3) is 0 Å². The van der Waals surface area contributed by atoms with Gasteiger partial charge in [0.05, 0.1) is 17.1 Å². The molecule has 0 bridgehead atoms. The molecule has 3 atom stereocenters. The SMILES string of the molecule is CC(C)OC(C)C(=O)OC(C)C(=O)C(C)(C)C(C)(C)OCC(=O)OC(C)C(=O)C(C)C. The predicted molar refractivity (Wildman–Crippen MR) is 115 cm³/mol. The Kier molecular flexibility index (Phi) is 11.0. The van der Waals surface area contributed by atoms with Crippen molar-refractivity contribution in [2.75, 3.05) is 6.61 Å². The summed E-state index contributed by atoms with van der Waals surface area (Å²) in [5, 5.41) is 0. The zero-order valence-corrected chi connectivity index (χ0v) is 20.9. The van der Waals surface area contributed by atoms with Crippen LogP contribution in [0.1, 0.15) is 76.2 Å². The van der Waals surface area contributed by atoms with E-state index in [1.807, 2.05) is 0 Å². The molecule has 8 nitrogen and oxygen atoms in total. The quantitative estimate of drug-likeness (QED) is 0.399. The van der Waals surface area contributed by atoms with Crippen molar-refractivity contribution < 1.29 is 38.1 Å². The summed E-state index contributed by atoms with van der Waals surface area (Å²) in [6.45, 7) is 17.8. The molecule has 0 aliphatic heterocycles. The topological polar surface area (TPSA) is 105 Å². The van der Waals surface area contributed by atoms with Gasteiger partial charge in [-0.15, -0.1) is 0 Å². The van der Waals surface area contributed by atoms with Gasteiger partial charge in [0.1, 0.15) is 6.61 Å². The van der Waals surface area contributed by atoms with Crippen molar-refractivity contribution in [1.82, 2.24) is 0 Å². The van der Waals surface area contributed by atoms with E-state index in [9.17, 15) is 19.2 Å². The maximum atomic E-state index is 13.0. The number of hydrogen-bond donors (Lipinski definition) is 0. The van der Waals surface area contributed by atoms with E-state index in [1.165, 1.54) is 13.8 Å². The molecule has 0 aromatic rings. The van der Waals surface area contributed by atoms with E-state index < -0.39 is 47.9 Å². The van der Waals surface area contributed by atoms with E-state index in [2.05, 4.69) is 0 Å². The van der Waals surface area contributed by atoms with Crippen LogP contribution in [0.4, 0.5) is 0 Å². The van der Waals surface area contributed by atoms with Gasteiger partial charge in [-0.1, -0.05) is 13.8 Å². The lowest BCUT2D eigenvalue weighted by molar-refractivity contribution is -0.180. The van der Waals surface area contributed by atoms with Crippen molar-refractivity contribution in [3.8, 4) is 0 Å². The molecule has 0 saturated carbocycles. The Morgan fingerprint density at radius 1 is 0.742 bits per heavy atom. The zero-order valence-electron chi connectivity index (χ0n) is 20.9. The standard InChI is InChI=1S/C23H40O8/c1-13(2)19(25)15(5)30-18(24)12-28-23(10,11)22(8,9)20(26)16(6)31-21(27)17(7)29-14(3)4/h13-17H,12H2,1-11H3. The Balaban J connectivity index is 5.01. The van der Waals surface area contributed by atoms with E-state index in [1.54, 1.807) is 62.3 Å². The highest BCUT2D eigenvalue weighted by molar-refractivity contribution is 5.91. The molecule has 0 fully saturated rings. The van der Waals surface area contributed by atoms with Gasteiger partial charge in [0.15, 0.2) is 29.9 Å². The van der Waals surface area contributed by atoms with E-state index in [-0.39, 0.29) is 23.6 Å². The van der Waals surface area contributed by atoms with Crippen LogP contribution < -0.4 is 0 Å². The summed E-state index contributed by atoms with van der Waals surface area (Å²) >= 11 is 0. The number of carbonyl (C=O) groups excluding carboxylic acids is 4. The van der Waals surface area contributed by atoms with Crippen LogP contribution in [0.3, 0.4) is 0 Å². The first-order valence-corrected chi connectivity index (χ1v) is 10.7. The van der Waals surface area contributed by atoms with Crippen LogP contribution in [0.15, 0.2) is 0 Å². The molecule has 0 N–H and O–H groups in total. The molecule has 0 aliphatic carbocycles. The number of carbonyl (C=O) groups is 4. The molecule has 0 heterocycles. The lowest BCUT2D eigenvalue weighted by Crippen LogP contribution is -2.52. The molecule has 0 aromatic carbocycles. The Bertz CT molecular complexity index is 648.